The van der Waals surface area contributed by atoms with Crippen LogP contribution in [0.25, 0.3) is 0 Å². The number of carbonyl (C=O) groups is 1. The monoisotopic (exact) mass is 396 g/mol. The van der Waals surface area contributed by atoms with Crippen molar-refractivity contribution in [3.63, 3.8) is 0 Å². The Hall–Kier alpha value is -1.85. The number of phenols is 1. The summed E-state index contributed by atoms with van der Waals surface area (Å²) in [6.45, 7) is 6.95. The van der Waals surface area contributed by atoms with E-state index in [1.165, 1.54) is 19.3 Å². The fourth-order valence-electron chi connectivity index (χ4n) is 7.67. The molecular formula is C24H30NO4+. The van der Waals surface area contributed by atoms with Crippen LogP contribution >= 0.6 is 0 Å². The Kier molecular flexibility index (Phi) is 3.49. The Labute approximate surface area is 171 Å². The van der Waals surface area contributed by atoms with Crippen molar-refractivity contribution in [2.75, 3.05) is 19.6 Å². The molecule has 0 radical (unpaired) electrons. The number of hydrogen-bond acceptors (Lipinski definition) is 4. The topological polar surface area (TPSA) is 66.8 Å². The lowest BCUT2D eigenvalue weighted by Crippen LogP contribution is -2.82. The van der Waals surface area contributed by atoms with Crippen LogP contribution in [0.2, 0.25) is 0 Å². The van der Waals surface area contributed by atoms with Gasteiger partial charge in [-0.05, 0) is 37.0 Å². The lowest BCUT2D eigenvalue weighted by molar-refractivity contribution is -0.964. The summed E-state index contributed by atoms with van der Waals surface area (Å²) in [5.41, 5.74) is 0.374. The molecule has 29 heavy (non-hydrogen) atoms. The van der Waals surface area contributed by atoms with Crippen molar-refractivity contribution in [2.45, 2.75) is 68.1 Å². The van der Waals surface area contributed by atoms with Crippen LogP contribution in [0.4, 0.5) is 0 Å². The fraction of sp³-hybridized carbons (Fsp3) is 0.625. The molecule has 3 fully saturated rings. The van der Waals surface area contributed by atoms with Crippen molar-refractivity contribution >= 4 is 5.78 Å². The maximum absolute atomic E-state index is 13.0. The molecule has 5 heteroatoms. The number of piperidine rings is 1. The van der Waals surface area contributed by atoms with E-state index in [-0.39, 0.29) is 17.6 Å². The van der Waals surface area contributed by atoms with E-state index < -0.39 is 17.1 Å². The number of ketones is 1. The van der Waals surface area contributed by atoms with Crippen LogP contribution in [0.3, 0.4) is 0 Å². The second-order valence-corrected chi connectivity index (χ2v) is 10.2. The standard InChI is InChI=1S/C24H29NO4/c1-2-11-25(14-15-4-3-5-15)12-10-23-20-16-6-7-17(26)21(20)29-22(23)18(27)8-9-24(23,28)19(25)13-16/h2,6-7,15,19,22,28H,1,3-5,8-14H2/p+1/t19-,22+,23+,24-,25?/m1/s1. The number of likely N-dealkylation sites (tertiary alicyclic amines) is 1. The number of benzene rings is 1. The predicted molar refractivity (Wildman–Crippen MR) is 108 cm³/mol. The maximum atomic E-state index is 13.0. The van der Waals surface area contributed by atoms with E-state index in [0.29, 0.717) is 18.6 Å². The third kappa shape index (κ3) is 1.96. The number of Topliss-reactive ketones (excluding diaryl/α,β-unsaturated/α-hetero) is 1. The van der Waals surface area contributed by atoms with E-state index in [1.807, 2.05) is 12.1 Å². The highest BCUT2D eigenvalue weighted by atomic mass is 16.5. The zero-order valence-corrected chi connectivity index (χ0v) is 16.9. The number of aromatic hydroxyl groups is 1. The van der Waals surface area contributed by atoms with Crippen LogP contribution in [0.15, 0.2) is 24.8 Å². The largest absolute Gasteiger partial charge is 0.504 e. The molecule has 0 amide bonds. The van der Waals surface area contributed by atoms with Crippen molar-refractivity contribution < 1.29 is 24.2 Å². The van der Waals surface area contributed by atoms with E-state index in [0.717, 1.165) is 54.0 Å². The summed E-state index contributed by atoms with van der Waals surface area (Å²) in [6, 6.07) is 3.72. The smallest absolute Gasteiger partial charge is 0.174 e. The minimum atomic E-state index is -0.984. The maximum Gasteiger partial charge on any atom is 0.174 e. The highest BCUT2D eigenvalue weighted by Crippen LogP contribution is 2.66. The SMILES string of the molecule is C=CC[N+]1(CC2CCC2)CC[C@]23c4c5ccc(O)c4O[C@H]2C(=O)CC[C@@]3(O)[C@H]1C5. The summed E-state index contributed by atoms with van der Waals surface area (Å²) in [7, 11) is 0. The number of phenolic OH excluding ortho intramolecular Hbond substituents is 1. The molecule has 2 saturated carbocycles. The van der Waals surface area contributed by atoms with Crippen LogP contribution in [0.1, 0.15) is 49.7 Å². The molecule has 5 atom stereocenters. The minimum Gasteiger partial charge on any atom is -0.504 e. The first kappa shape index (κ1) is 18.0. The average Bonchev–Trinajstić information content (AvgIpc) is 3.03. The number of nitrogens with zero attached hydrogens (tertiary/aromatic N) is 1. The van der Waals surface area contributed by atoms with Gasteiger partial charge in [-0.15, -0.1) is 0 Å². The first-order valence-electron chi connectivity index (χ1n) is 11.2. The third-order valence-electron chi connectivity index (χ3n) is 9.09. The molecule has 1 aromatic rings. The van der Waals surface area contributed by atoms with Crippen LogP contribution in [0, 0.1) is 5.92 Å². The summed E-state index contributed by atoms with van der Waals surface area (Å²) in [5, 5.41) is 22.9. The van der Waals surface area contributed by atoms with Gasteiger partial charge in [-0.1, -0.05) is 19.1 Å². The second kappa shape index (κ2) is 5.64. The van der Waals surface area contributed by atoms with Gasteiger partial charge in [0, 0.05) is 30.7 Å². The van der Waals surface area contributed by atoms with Gasteiger partial charge in [0.05, 0.1) is 25.0 Å². The van der Waals surface area contributed by atoms with Gasteiger partial charge in [-0.3, -0.25) is 4.79 Å². The first-order valence-corrected chi connectivity index (χ1v) is 11.2. The van der Waals surface area contributed by atoms with Gasteiger partial charge in [0.1, 0.15) is 11.6 Å². The zero-order valence-electron chi connectivity index (χ0n) is 16.9. The lowest BCUT2D eigenvalue weighted by Gasteiger charge is -2.65. The molecule has 1 unspecified atom stereocenters. The average molecular weight is 397 g/mol. The molecule has 5 nitrogen and oxygen atoms in total. The van der Waals surface area contributed by atoms with E-state index in [4.69, 9.17) is 4.74 Å². The summed E-state index contributed by atoms with van der Waals surface area (Å²) in [6.07, 6.45) is 7.57. The van der Waals surface area contributed by atoms with Gasteiger partial charge in [0.15, 0.2) is 23.4 Å². The van der Waals surface area contributed by atoms with Crippen LogP contribution in [0.5, 0.6) is 11.5 Å². The van der Waals surface area contributed by atoms with Crippen molar-refractivity contribution in [1.29, 1.82) is 0 Å². The number of aliphatic hydroxyl groups is 1. The normalized spacial score (nSPS) is 42.0. The van der Waals surface area contributed by atoms with E-state index in [2.05, 4.69) is 6.58 Å². The van der Waals surface area contributed by atoms with Crippen molar-refractivity contribution in [3.05, 3.63) is 35.9 Å². The molecule has 5 aliphatic rings. The Bertz CT molecular complexity index is 924. The number of rotatable bonds is 4. The van der Waals surface area contributed by atoms with Gasteiger partial charge < -0.3 is 19.4 Å². The van der Waals surface area contributed by atoms with Gasteiger partial charge in [-0.25, -0.2) is 0 Å². The molecule has 1 aromatic carbocycles. The molecule has 3 aliphatic carbocycles. The van der Waals surface area contributed by atoms with E-state index in [1.54, 1.807) is 6.07 Å². The Balaban J connectivity index is 1.57. The highest BCUT2D eigenvalue weighted by Gasteiger charge is 2.76. The van der Waals surface area contributed by atoms with E-state index in [9.17, 15) is 15.0 Å². The van der Waals surface area contributed by atoms with E-state index >= 15 is 0 Å². The van der Waals surface area contributed by atoms with Crippen LogP contribution < -0.4 is 4.74 Å². The summed E-state index contributed by atoms with van der Waals surface area (Å²) >= 11 is 0. The van der Waals surface area contributed by atoms with Gasteiger partial charge in [0.2, 0.25) is 0 Å². The van der Waals surface area contributed by atoms with Gasteiger partial charge in [-0.2, -0.15) is 0 Å². The number of hydrogen-bond donors (Lipinski definition) is 2. The quantitative estimate of drug-likeness (QED) is 0.607. The van der Waals surface area contributed by atoms with Gasteiger partial charge in [0.25, 0.3) is 0 Å². The molecule has 0 aromatic heterocycles. The highest BCUT2D eigenvalue weighted by molar-refractivity contribution is 5.90. The predicted octanol–water partition coefficient (Wildman–Crippen LogP) is 2.62. The first-order chi connectivity index (χ1) is 14.0. The Morgan fingerprint density at radius 1 is 1.31 bits per heavy atom. The summed E-state index contributed by atoms with van der Waals surface area (Å²) in [5.74, 6) is 1.33. The van der Waals surface area contributed by atoms with Crippen molar-refractivity contribution in [1.82, 2.24) is 0 Å². The lowest BCUT2D eigenvalue weighted by atomic mass is 9.48. The Morgan fingerprint density at radius 3 is 2.86 bits per heavy atom. The van der Waals surface area contributed by atoms with Crippen molar-refractivity contribution in [3.8, 4) is 11.5 Å². The molecule has 1 saturated heterocycles. The summed E-state index contributed by atoms with van der Waals surface area (Å²) < 4.78 is 7.02. The summed E-state index contributed by atoms with van der Waals surface area (Å²) in [4.78, 5) is 13.0. The van der Waals surface area contributed by atoms with Crippen molar-refractivity contribution in [2.24, 2.45) is 5.92 Å². The molecule has 2 aliphatic heterocycles. The molecule has 1 spiro atoms. The second-order valence-electron chi connectivity index (χ2n) is 10.2. The molecule has 2 heterocycles. The number of quaternary nitrogens is 1. The zero-order chi connectivity index (χ0) is 20.0. The van der Waals surface area contributed by atoms with Crippen LogP contribution in [-0.4, -0.2) is 57.9 Å². The molecule has 6 rings (SSSR count). The fourth-order valence-corrected chi connectivity index (χ4v) is 7.67. The van der Waals surface area contributed by atoms with Gasteiger partial charge >= 0.3 is 0 Å². The Morgan fingerprint density at radius 2 is 2.14 bits per heavy atom. The third-order valence-corrected chi connectivity index (χ3v) is 9.09. The molecule has 154 valence electrons. The number of carbonyl (C=O) groups excluding carboxylic acids is 1. The molecular weight excluding hydrogens is 366 g/mol. The molecule has 2 bridgehead atoms. The minimum absolute atomic E-state index is 0.0389. The van der Waals surface area contributed by atoms with Crippen LogP contribution in [-0.2, 0) is 16.6 Å². The number of ether oxygens (including phenoxy) is 1. The molecule has 2 N–H and O–H groups in total.